The second-order valence-electron chi connectivity index (χ2n) is 8.85. The van der Waals surface area contributed by atoms with E-state index in [1.165, 1.54) is 0 Å². The van der Waals surface area contributed by atoms with E-state index in [-0.39, 0.29) is 24.2 Å². The normalized spacial score (nSPS) is 24.3. The number of hydrogen-bond acceptors (Lipinski definition) is 6. The van der Waals surface area contributed by atoms with Crippen molar-refractivity contribution in [2.75, 3.05) is 26.2 Å². The lowest BCUT2D eigenvalue weighted by atomic mass is 10.1. The van der Waals surface area contributed by atoms with Crippen molar-refractivity contribution >= 4 is 23.3 Å². The Balaban J connectivity index is 1.29. The third kappa shape index (κ3) is 6.18. The molecular formula is C25H33N3O3S. The van der Waals surface area contributed by atoms with E-state index in [4.69, 9.17) is 9.47 Å². The molecule has 3 heterocycles. The molecular weight excluding hydrogens is 422 g/mol. The molecule has 2 saturated heterocycles. The van der Waals surface area contributed by atoms with Gasteiger partial charge < -0.3 is 14.4 Å². The van der Waals surface area contributed by atoms with Crippen LogP contribution in [0.4, 0.5) is 0 Å². The lowest BCUT2D eigenvalue weighted by Crippen LogP contribution is -2.50. The third-order valence-electron chi connectivity index (χ3n) is 5.98. The van der Waals surface area contributed by atoms with Crippen LogP contribution in [0.3, 0.4) is 0 Å². The molecule has 1 amide bonds. The smallest absolute Gasteiger partial charge is 0.246 e. The van der Waals surface area contributed by atoms with Gasteiger partial charge in [-0.1, -0.05) is 12.1 Å². The molecule has 32 heavy (non-hydrogen) atoms. The minimum absolute atomic E-state index is 0.0982. The summed E-state index contributed by atoms with van der Waals surface area (Å²) in [5.74, 6) is 0.897. The summed E-state index contributed by atoms with van der Waals surface area (Å²) in [6.07, 6.45) is 6.25. The number of carbonyl (C=O) groups excluding carboxylic acids is 1. The summed E-state index contributed by atoms with van der Waals surface area (Å²) in [5.41, 5.74) is 1.94. The fourth-order valence-electron chi connectivity index (χ4n) is 4.62. The number of morpholine rings is 1. The van der Waals surface area contributed by atoms with Crippen LogP contribution in [0.15, 0.2) is 35.7 Å². The van der Waals surface area contributed by atoms with Crippen LogP contribution in [-0.4, -0.2) is 65.1 Å². The molecule has 3 unspecified atom stereocenters. The highest BCUT2D eigenvalue weighted by atomic mass is 32.1. The largest absolute Gasteiger partial charge is 0.487 e. The highest BCUT2D eigenvalue weighted by Gasteiger charge is 2.31. The number of likely N-dealkylation sites (tertiary alicyclic amines) is 1. The van der Waals surface area contributed by atoms with Crippen LogP contribution in [-0.2, 0) is 16.1 Å². The number of benzene rings is 1. The first kappa shape index (κ1) is 23.0. The molecule has 2 aliphatic rings. The van der Waals surface area contributed by atoms with Crippen LogP contribution < -0.4 is 4.74 Å². The molecule has 2 aliphatic heterocycles. The van der Waals surface area contributed by atoms with Crippen LogP contribution in [0.25, 0.3) is 6.08 Å². The predicted octanol–water partition coefficient (Wildman–Crippen LogP) is 4.14. The fraction of sp³-hybridized carbons (Fsp3) is 0.520. The average Bonchev–Trinajstić information content (AvgIpc) is 3.39. The Labute approximate surface area is 194 Å². The second kappa shape index (κ2) is 10.6. The zero-order chi connectivity index (χ0) is 22.5. The Morgan fingerprint density at radius 2 is 2.00 bits per heavy atom. The topological polar surface area (TPSA) is 54.9 Å². The van der Waals surface area contributed by atoms with Crippen LogP contribution >= 0.6 is 11.3 Å². The molecule has 0 radical (unpaired) electrons. The van der Waals surface area contributed by atoms with E-state index in [2.05, 4.69) is 23.7 Å². The van der Waals surface area contributed by atoms with Gasteiger partial charge in [0.15, 0.2) is 0 Å². The van der Waals surface area contributed by atoms with Gasteiger partial charge in [0.2, 0.25) is 5.91 Å². The first-order chi connectivity index (χ1) is 15.5. The second-order valence-corrected chi connectivity index (χ2v) is 9.91. The van der Waals surface area contributed by atoms with Crippen molar-refractivity contribution in [3.05, 3.63) is 52.0 Å². The molecule has 172 valence electrons. The summed E-state index contributed by atoms with van der Waals surface area (Å²) in [6, 6.07) is 8.10. The van der Waals surface area contributed by atoms with E-state index in [1.54, 1.807) is 17.4 Å². The number of thiazole rings is 1. The summed E-state index contributed by atoms with van der Waals surface area (Å²) in [4.78, 5) is 21.8. The van der Waals surface area contributed by atoms with Gasteiger partial charge in [-0.15, -0.1) is 11.3 Å². The number of amides is 1. The molecule has 2 aromatic rings. The Morgan fingerprint density at radius 3 is 2.69 bits per heavy atom. The Bertz CT molecular complexity index is 917. The number of nitrogens with zero attached hydrogens (tertiary/aromatic N) is 3. The van der Waals surface area contributed by atoms with Gasteiger partial charge in [-0.3, -0.25) is 9.69 Å². The van der Waals surface area contributed by atoms with Gasteiger partial charge in [0, 0.05) is 43.7 Å². The van der Waals surface area contributed by atoms with Crippen molar-refractivity contribution in [1.29, 1.82) is 0 Å². The van der Waals surface area contributed by atoms with Crippen molar-refractivity contribution in [3.63, 3.8) is 0 Å². The maximum absolute atomic E-state index is 12.9. The van der Waals surface area contributed by atoms with E-state index >= 15 is 0 Å². The van der Waals surface area contributed by atoms with Crippen LogP contribution in [0, 0.1) is 6.92 Å². The molecule has 0 spiro atoms. The molecule has 0 N–H and O–H groups in total. The number of aryl methyl sites for hydroxylation is 1. The Kier molecular flexibility index (Phi) is 7.60. The maximum atomic E-state index is 12.9. The van der Waals surface area contributed by atoms with Crippen LogP contribution in [0.1, 0.15) is 43.0 Å². The molecule has 7 heteroatoms. The first-order valence-electron chi connectivity index (χ1n) is 11.5. The predicted molar refractivity (Wildman–Crippen MR) is 128 cm³/mol. The molecule has 0 aliphatic carbocycles. The number of carbonyl (C=O) groups is 1. The van der Waals surface area contributed by atoms with Gasteiger partial charge >= 0.3 is 0 Å². The minimum atomic E-state index is 0.0982. The zero-order valence-electron chi connectivity index (χ0n) is 19.2. The molecule has 4 rings (SSSR count). The summed E-state index contributed by atoms with van der Waals surface area (Å²) < 4.78 is 11.6. The number of rotatable bonds is 7. The van der Waals surface area contributed by atoms with E-state index in [0.717, 1.165) is 61.0 Å². The van der Waals surface area contributed by atoms with E-state index in [9.17, 15) is 4.79 Å². The lowest BCUT2D eigenvalue weighted by molar-refractivity contribution is -0.127. The zero-order valence-corrected chi connectivity index (χ0v) is 20.0. The fourth-order valence-corrected chi connectivity index (χ4v) is 5.21. The number of aromatic nitrogens is 1. The van der Waals surface area contributed by atoms with Gasteiger partial charge in [-0.2, -0.15) is 0 Å². The molecule has 2 fully saturated rings. The summed E-state index contributed by atoms with van der Waals surface area (Å²) >= 11 is 1.63. The van der Waals surface area contributed by atoms with Crippen LogP contribution in [0.5, 0.6) is 5.75 Å². The summed E-state index contributed by atoms with van der Waals surface area (Å²) in [5, 5.41) is 3.06. The summed E-state index contributed by atoms with van der Waals surface area (Å²) in [7, 11) is 0. The van der Waals surface area contributed by atoms with Gasteiger partial charge in [-0.05, 0) is 57.4 Å². The van der Waals surface area contributed by atoms with E-state index < -0.39 is 0 Å². The van der Waals surface area contributed by atoms with E-state index in [0.29, 0.717) is 6.61 Å². The van der Waals surface area contributed by atoms with Gasteiger partial charge in [-0.25, -0.2) is 4.98 Å². The van der Waals surface area contributed by atoms with Crippen LogP contribution in [0.2, 0.25) is 0 Å². The SMILES string of the molecule is Cc1nc(COc2ccc(/C=C/C(=O)N3CCCC3CN3CC(C)OC(C)C3)cc2)cs1. The average molecular weight is 456 g/mol. The quantitative estimate of drug-likeness (QED) is 0.587. The minimum Gasteiger partial charge on any atom is -0.487 e. The molecule has 1 aromatic carbocycles. The van der Waals surface area contributed by atoms with Crippen molar-refractivity contribution < 1.29 is 14.3 Å². The Hall–Kier alpha value is -2.22. The summed E-state index contributed by atoms with van der Waals surface area (Å²) in [6.45, 7) is 10.4. The molecule has 3 atom stereocenters. The van der Waals surface area contributed by atoms with Crippen molar-refractivity contribution in [1.82, 2.24) is 14.8 Å². The first-order valence-corrected chi connectivity index (χ1v) is 12.3. The van der Waals surface area contributed by atoms with Gasteiger partial charge in [0.05, 0.1) is 22.9 Å². The molecule has 0 saturated carbocycles. The van der Waals surface area contributed by atoms with Crippen molar-refractivity contribution in [2.24, 2.45) is 0 Å². The maximum Gasteiger partial charge on any atom is 0.246 e. The third-order valence-corrected chi connectivity index (χ3v) is 6.80. The monoisotopic (exact) mass is 455 g/mol. The number of hydrogen-bond donors (Lipinski definition) is 0. The Morgan fingerprint density at radius 1 is 1.25 bits per heavy atom. The van der Waals surface area contributed by atoms with Gasteiger partial charge in [0.25, 0.3) is 0 Å². The number of ether oxygens (including phenoxy) is 2. The standard InChI is InChI=1S/C25H33N3O3S/c1-18-13-27(14-19(2)31-18)15-23-5-4-12-28(23)25(29)11-8-21-6-9-24(10-7-21)30-16-22-17-32-20(3)26-22/h6-11,17-19,23H,4-5,12-16H2,1-3H3/b11-8+. The lowest BCUT2D eigenvalue weighted by Gasteiger charge is -2.38. The van der Waals surface area contributed by atoms with E-state index in [1.807, 2.05) is 47.5 Å². The molecule has 6 nitrogen and oxygen atoms in total. The van der Waals surface area contributed by atoms with Gasteiger partial charge in [0.1, 0.15) is 12.4 Å². The highest BCUT2D eigenvalue weighted by molar-refractivity contribution is 7.09. The van der Waals surface area contributed by atoms with Crippen molar-refractivity contribution in [2.45, 2.75) is 58.5 Å². The molecule has 0 bridgehead atoms. The molecule has 1 aromatic heterocycles. The highest BCUT2D eigenvalue weighted by Crippen LogP contribution is 2.22. The van der Waals surface area contributed by atoms with Crippen molar-refractivity contribution in [3.8, 4) is 5.75 Å².